The minimum atomic E-state index is -0.520. The highest BCUT2D eigenvalue weighted by Gasteiger charge is 2.19. The number of dihydropyridines is 1. The molecule has 4 aromatic rings. The van der Waals surface area contributed by atoms with Crippen LogP contribution in [0.5, 0.6) is 5.88 Å². The molecule has 3 aromatic heterocycles. The van der Waals surface area contributed by atoms with Gasteiger partial charge in [-0.15, -0.1) is 15.3 Å². The second-order valence-electron chi connectivity index (χ2n) is 6.85. The number of ether oxygens (including phenoxy) is 2. The van der Waals surface area contributed by atoms with Crippen LogP contribution in [0.4, 0.5) is 0 Å². The maximum absolute atomic E-state index is 11.2. The molecule has 32 heavy (non-hydrogen) atoms. The molecule has 1 amide bonds. The molecule has 0 aliphatic carbocycles. The molecule has 0 saturated carbocycles. The van der Waals surface area contributed by atoms with Crippen LogP contribution in [0.25, 0.3) is 27.9 Å². The van der Waals surface area contributed by atoms with Crippen LogP contribution in [0.3, 0.4) is 0 Å². The van der Waals surface area contributed by atoms with E-state index in [1.165, 1.54) is 12.5 Å². The number of fused-ring (bicyclic) bond motifs is 3. The lowest BCUT2D eigenvalue weighted by atomic mass is 10.2. The lowest BCUT2D eigenvalue weighted by Crippen LogP contribution is -2.18. The van der Waals surface area contributed by atoms with Crippen LogP contribution in [-0.2, 0) is 16.1 Å². The number of carbonyl (C=O) groups is 1. The van der Waals surface area contributed by atoms with E-state index in [1.54, 1.807) is 29.8 Å². The number of hydrogen-bond donors (Lipinski definition) is 2. The van der Waals surface area contributed by atoms with E-state index in [9.17, 15) is 4.79 Å². The number of nitrogens with two attached hydrogens (primary N) is 1. The van der Waals surface area contributed by atoms with E-state index >= 15 is 0 Å². The Morgan fingerprint density at radius 1 is 1.25 bits per heavy atom. The molecule has 4 heterocycles. The summed E-state index contributed by atoms with van der Waals surface area (Å²) in [5.74, 6) is 0.773. The fraction of sp³-hybridized carbons (Fsp3) is 0.0952. The largest absolute Gasteiger partial charge is 0.443 e. The molecule has 11 heteroatoms. The van der Waals surface area contributed by atoms with Gasteiger partial charge in [0.1, 0.15) is 12.9 Å². The van der Waals surface area contributed by atoms with Crippen LogP contribution in [-0.4, -0.2) is 38.0 Å². The van der Waals surface area contributed by atoms with Gasteiger partial charge in [-0.1, -0.05) is 23.4 Å². The molecular weight excluding hydrogens is 414 g/mol. The summed E-state index contributed by atoms with van der Waals surface area (Å²) in [6.07, 6.45) is 6.27. The van der Waals surface area contributed by atoms with Crippen LogP contribution in [0.15, 0.2) is 70.7 Å². The number of nitrogens with zero attached hydrogens (tertiary/aromatic N) is 5. The maximum Gasteiger partial charge on any atom is 0.250 e. The second kappa shape index (κ2) is 7.96. The Balaban J connectivity index is 1.55. The van der Waals surface area contributed by atoms with Crippen LogP contribution in [0, 0.1) is 0 Å². The number of allylic oxidation sites excluding steroid dienone is 1. The number of methoxy groups -OCH3 is 1. The Kier molecular flexibility index (Phi) is 4.84. The molecule has 160 valence electrons. The molecule has 1 aliphatic rings. The number of nitrogens with one attached hydrogen (secondary N) is 1. The molecule has 0 spiro atoms. The van der Waals surface area contributed by atoms with Gasteiger partial charge in [0.2, 0.25) is 17.6 Å². The number of aromatic nitrogens is 5. The van der Waals surface area contributed by atoms with E-state index in [4.69, 9.17) is 19.7 Å². The number of carbonyl (C=O) groups excluding carboxylic acids is 1. The third kappa shape index (κ3) is 3.46. The average molecular weight is 431 g/mol. The third-order valence-corrected chi connectivity index (χ3v) is 4.72. The van der Waals surface area contributed by atoms with Gasteiger partial charge >= 0.3 is 0 Å². The summed E-state index contributed by atoms with van der Waals surface area (Å²) in [5.41, 5.74) is 7.27. The highest BCUT2D eigenvalue weighted by molar-refractivity contribution is 5.97. The number of benzene rings is 1. The second-order valence-corrected chi connectivity index (χ2v) is 6.85. The predicted molar refractivity (Wildman–Crippen MR) is 113 cm³/mol. The first kappa shape index (κ1) is 19.5. The molecule has 0 unspecified atom stereocenters. The summed E-state index contributed by atoms with van der Waals surface area (Å²) in [7, 11) is 1.57. The zero-order valence-electron chi connectivity index (χ0n) is 16.8. The smallest absolute Gasteiger partial charge is 0.250 e. The summed E-state index contributed by atoms with van der Waals surface area (Å²) in [6.45, 7) is 0.286. The van der Waals surface area contributed by atoms with Gasteiger partial charge in [0, 0.05) is 30.1 Å². The molecule has 0 bridgehead atoms. The van der Waals surface area contributed by atoms with Crippen molar-refractivity contribution in [3.05, 3.63) is 72.0 Å². The van der Waals surface area contributed by atoms with Crippen molar-refractivity contribution in [1.29, 1.82) is 0 Å². The van der Waals surface area contributed by atoms with Crippen molar-refractivity contribution in [2.75, 3.05) is 7.11 Å². The maximum atomic E-state index is 11.2. The topological polar surface area (TPSA) is 143 Å². The van der Waals surface area contributed by atoms with Crippen molar-refractivity contribution < 1.29 is 18.8 Å². The van der Waals surface area contributed by atoms with Crippen molar-refractivity contribution in [2.24, 2.45) is 5.73 Å². The van der Waals surface area contributed by atoms with Crippen LogP contribution in [0.2, 0.25) is 0 Å². The Bertz CT molecular complexity index is 1430. The van der Waals surface area contributed by atoms with Crippen molar-refractivity contribution >= 4 is 22.3 Å². The third-order valence-electron chi connectivity index (χ3n) is 4.72. The SMILES string of the molecule is COCc1cc(-c2nnc3c4ccccc4c(OC=C4C=CC(C(N)=O)=CN4)nn23)no1. The van der Waals surface area contributed by atoms with Gasteiger partial charge in [-0.3, -0.25) is 4.79 Å². The van der Waals surface area contributed by atoms with E-state index in [1.807, 2.05) is 24.3 Å². The van der Waals surface area contributed by atoms with E-state index < -0.39 is 5.91 Å². The lowest BCUT2D eigenvalue weighted by molar-refractivity contribution is -0.114. The normalized spacial score (nSPS) is 14.7. The number of hydrogen-bond acceptors (Lipinski definition) is 9. The first-order valence-corrected chi connectivity index (χ1v) is 9.54. The van der Waals surface area contributed by atoms with Crippen LogP contribution in [0.1, 0.15) is 5.76 Å². The zero-order valence-corrected chi connectivity index (χ0v) is 16.8. The quantitative estimate of drug-likeness (QED) is 0.437. The van der Waals surface area contributed by atoms with Gasteiger partial charge in [0.25, 0.3) is 0 Å². The van der Waals surface area contributed by atoms with Gasteiger partial charge in [-0.05, 0) is 18.2 Å². The lowest BCUT2D eigenvalue weighted by Gasteiger charge is -2.10. The first-order chi connectivity index (χ1) is 15.6. The molecule has 1 aromatic carbocycles. The number of rotatable bonds is 6. The Labute approximate surface area is 180 Å². The van der Waals surface area contributed by atoms with Gasteiger partial charge < -0.3 is 25.0 Å². The van der Waals surface area contributed by atoms with Crippen molar-refractivity contribution in [1.82, 2.24) is 30.3 Å². The molecule has 1 aliphatic heterocycles. The number of amides is 1. The molecule has 5 rings (SSSR count). The molecule has 0 fully saturated rings. The Hall–Kier alpha value is -4.51. The zero-order chi connectivity index (χ0) is 22.1. The van der Waals surface area contributed by atoms with Gasteiger partial charge in [-0.25, -0.2) is 0 Å². The molecule has 0 atom stereocenters. The Morgan fingerprint density at radius 2 is 2.09 bits per heavy atom. The highest BCUT2D eigenvalue weighted by atomic mass is 16.5. The van der Waals surface area contributed by atoms with Gasteiger partial charge in [0.05, 0.1) is 11.3 Å². The average Bonchev–Trinajstić information content (AvgIpc) is 3.45. The van der Waals surface area contributed by atoms with E-state index in [2.05, 4.69) is 25.8 Å². The molecule has 0 saturated heterocycles. The standard InChI is InChI=1S/C21H17N7O4/c1-30-11-14-8-17(27-32-14)20-25-24-19-15-4-2-3-5-16(15)21(26-28(19)20)31-10-13-7-6-12(9-23-13)18(22)29/h2-10,23H,11H2,1H3,(H2,22,29). The first-order valence-electron chi connectivity index (χ1n) is 9.54. The van der Waals surface area contributed by atoms with Gasteiger partial charge in [-0.2, -0.15) is 4.52 Å². The summed E-state index contributed by atoms with van der Waals surface area (Å²) in [4.78, 5) is 11.2. The van der Waals surface area contributed by atoms with Crippen molar-refractivity contribution in [3.63, 3.8) is 0 Å². The summed E-state index contributed by atoms with van der Waals surface area (Å²) >= 11 is 0. The monoisotopic (exact) mass is 431 g/mol. The summed E-state index contributed by atoms with van der Waals surface area (Å²) < 4.78 is 17.8. The number of primary amides is 1. The molecule has 3 N–H and O–H groups in total. The molecular formula is C21H17N7O4. The van der Waals surface area contributed by atoms with E-state index in [0.717, 1.165) is 10.8 Å². The van der Waals surface area contributed by atoms with Crippen molar-refractivity contribution in [3.8, 4) is 17.4 Å². The minimum absolute atomic E-state index is 0.286. The minimum Gasteiger partial charge on any atom is -0.443 e. The molecule has 11 nitrogen and oxygen atoms in total. The summed E-state index contributed by atoms with van der Waals surface area (Å²) in [5, 5.41) is 21.7. The van der Waals surface area contributed by atoms with Crippen molar-refractivity contribution in [2.45, 2.75) is 6.61 Å². The van der Waals surface area contributed by atoms with Gasteiger partial charge in [0.15, 0.2) is 17.1 Å². The van der Waals surface area contributed by atoms with Crippen LogP contribution >= 0.6 is 0 Å². The van der Waals surface area contributed by atoms with E-state index in [-0.39, 0.29) is 6.61 Å². The highest BCUT2D eigenvalue weighted by Crippen LogP contribution is 2.29. The molecule has 0 radical (unpaired) electrons. The fourth-order valence-corrected chi connectivity index (χ4v) is 3.21. The predicted octanol–water partition coefficient (Wildman–Crippen LogP) is 1.83. The van der Waals surface area contributed by atoms with Crippen LogP contribution < -0.4 is 15.8 Å². The van der Waals surface area contributed by atoms with E-state index in [0.29, 0.717) is 40.1 Å². The fourth-order valence-electron chi connectivity index (χ4n) is 3.21. The Morgan fingerprint density at radius 3 is 2.84 bits per heavy atom. The summed E-state index contributed by atoms with van der Waals surface area (Å²) in [6, 6.07) is 9.29.